The van der Waals surface area contributed by atoms with Crippen molar-refractivity contribution in [1.29, 1.82) is 5.26 Å². The van der Waals surface area contributed by atoms with E-state index < -0.39 is 11.9 Å². The zero-order valence-electron chi connectivity index (χ0n) is 8.58. The predicted octanol–water partition coefficient (Wildman–Crippen LogP) is 1.90. The van der Waals surface area contributed by atoms with E-state index in [1.165, 1.54) is 6.07 Å². The highest BCUT2D eigenvalue weighted by atomic mass is 35.5. The second-order valence-electron chi connectivity index (χ2n) is 3.33. The van der Waals surface area contributed by atoms with Crippen molar-refractivity contribution in [3.8, 4) is 6.07 Å². The summed E-state index contributed by atoms with van der Waals surface area (Å²) in [5, 5.41) is 20.6. The summed E-state index contributed by atoms with van der Waals surface area (Å²) in [4.78, 5) is 0. The van der Waals surface area contributed by atoms with Gasteiger partial charge in [-0.25, -0.2) is 4.39 Å². The first-order valence-electron chi connectivity index (χ1n) is 4.80. The zero-order chi connectivity index (χ0) is 12.0. The lowest BCUT2D eigenvalue weighted by Gasteiger charge is -2.10. The van der Waals surface area contributed by atoms with E-state index in [-0.39, 0.29) is 12.3 Å². The van der Waals surface area contributed by atoms with Gasteiger partial charge in [0.2, 0.25) is 0 Å². The van der Waals surface area contributed by atoms with Crippen LogP contribution in [0.3, 0.4) is 0 Å². The van der Waals surface area contributed by atoms with Crippen molar-refractivity contribution < 1.29 is 9.50 Å². The van der Waals surface area contributed by atoms with Crippen LogP contribution in [-0.4, -0.2) is 23.6 Å². The molecule has 0 aliphatic rings. The van der Waals surface area contributed by atoms with Crippen molar-refractivity contribution in [2.45, 2.75) is 12.5 Å². The molecule has 0 saturated carbocycles. The van der Waals surface area contributed by atoms with E-state index in [9.17, 15) is 9.50 Å². The van der Waals surface area contributed by atoms with Gasteiger partial charge in [-0.1, -0.05) is 0 Å². The Balaban J connectivity index is 2.68. The Kier molecular flexibility index (Phi) is 5.03. The summed E-state index contributed by atoms with van der Waals surface area (Å²) >= 11 is 5.43. The molecule has 1 aromatic carbocycles. The molecule has 3 nitrogen and oxygen atoms in total. The second kappa shape index (κ2) is 6.31. The Morgan fingerprint density at radius 1 is 1.56 bits per heavy atom. The van der Waals surface area contributed by atoms with Crippen LogP contribution in [-0.2, 0) is 6.42 Å². The molecular weight excluding hydrogens is 231 g/mol. The third-order valence-corrected chi connectivity index (χ3v) is 2.39. The van der Waals surface area contributed by atoms with E-state index in [1.54, 1.807) is 12.1 Å². The predicted molar refractivity (Wildman–Crippen MR) is 60.9 cm³/mol. The number of benzene rings is 1. The fourth-order valence-electron chi connectivity index (χ4n) is 1.20. The Morgan fingerprint density at radius 2 is 2.31 bits per heavy atom. The number of nitrogens with zero attached hydrogens (tertiary/aromatic N) is 1. The van der Waals surface area contributed by atoms with Crippen molar-refractivity contribution in [3.63, 3.8) is 0 Å². The SMILES string of the molecule is N#CCc1cc(NCC(O)CCl)ccc1F. The summed E-state index contributed by atoms with van der Waals surface area (Å²) in [6.07, 6.45) is -0.620. The number of nitrogens with one attached hydrogen (secondary N) is 1. The minimum atomic E-state index is -0.647. The first-order chi connectivity index (χ1) is 7.67. The third-order valence-electron chi connectivity index (χ3n) is 2.04. The molecule has 1 unspecified atom stereocenters. The van der Waals surface area contributed by atoms with Crippen LogP contribution in [0.4, 0.5) is 10.1 Å². The molecule has 86 valence electrons. The number of hydrogen-bond acceptors (Lipinski definition) is 3. The van der Waals surface area contributed by atoms with Gasteiger partial charge in [-0.05, 0) is 18.2 Å². The average Bonchev–Trinajstić information content (AvgIpc) is 2.30. The van der Waals surface area contributed by atoms with E-state index in [2.05, 4.69) is 5.32 Å². The maximum absolute atomic E-state index is 13.2. The summed E-state index contributed by atoms with van der Waals surface area (Å²) in [7, 11) is 0. The van der Waals surface area contributed by atoms with Gasteiger partial charge in [0.1, 0.15) is 5.82 Å². The van der Waals surface area contributed by atoms with Crippen molar-refractivity contribution in [2.75, 3.05) is 17.7 Å². The van der Waals surface area contributed by atoms with Gasteiger partial charge in [-0.15, -0.1) is 11.6 Å². The lowest BCUT2D eigenvalue weighted by Crippen LogP contribution is -2.20. The molecule has 2 N–H and O–H groups in total. The summed E-state index contributed by atoms with van der Waals surface area (Å²) < 4.78 is 13.2. The topological polar surface area (TPSA) is 56.0 Å². The molecule has 16 heavy (non-hydrogen) atoms. The molecule has 0 heterocycles. The molecular formula is C11H12ClFN2O. The highest BCUT2D eigenvalue weighted by molar-refractivity contribution is 6.18. The van der Waals surface area contributed by atoms with Crippen LogP contribution in [0.5, 0.6) is 0 Å². The van der Waals surface area contributed by atoms with Crippen LogP contribution >= 0.6 is 11.6 Å². The number of nitriles is 1. The molecule has 0 fully saturated rings. The largest absolute Gasteiger partial charge is 0.390 e. The van der Waals surface area contributed by atoms with Gasteiger partial charge in [0, 0.05) is 17.8 Å². The van der Waals surface area contributed by atoms with E-state index in [4.69, 9.17) is 16.9 Å². The molecule has 1 rings (SSSR count). The second-order valence-corrected chi connectivity index (χ2v) is 3.64. The molecule has 0 bridgehead atoms. The number of alkyl halides is 1. The Labute approximate surface area is 98.5 Å². The van der Waals surface area contributed by atoms with Gasteiger partial charge in [0.25, 0.3) is 0 Å². The molecule has 0 spiro atoms. The maximum atomic E-state index is 13.2. The number of aliphatic hydroxyl groups is 1. The van der Waals surface area contributed by atoms with E-state index in [0.29, 0.717) is 17.8 Å². The highest BCUT2D eigenvalue weighted by Crippen LogP contribution is 2.15. The Bertz CT molecular complexity index is 392. The first-order valence-corrected chi connectivity index (χ1v) is 5.34. The molecule has 0 amide bonds. The van der Waals surface area contributed by atoms with Crippen molar-refractivity contribution >= 4 is 17.3 Å². The van der Waals surface area contributed by atoms with Gasteiger partial charge in [-0.3, -0.25) is 0 Å². The lowest BCUT2D eigenvalue weighted by molar-refractivity contribution is 0.211. The standard InChI is InChI=1S/C11H12ClFN2O/c12-6-10(16)7-15-9-1-2-11(13)8(5-9)3-4-14/h1-2,5,10,15-16H,3,6-7H2. The van der Waals surface area contributed by atoms with E-state index >= 15 is 0 Å². The smallest absolute Gasteiger partial charge is 0.127 e. The quantitative estimate of drug-likeness (QED) is 0.776. The summed E-state index contributed by atoms with van der Waals surface area (Å²) in [5.74, 6) is -0.260. The van der Waals surface area contributed by atoms with Gasteiger partial charge < -0.3 is 10.4 Å². The van der Waals surface area contributed by atoms with Crippen molar-refractivity contribution in [3.05, 3.63) is 29.6 Å². The molecule has 0 saturated heterocycles. The van der Waals surface area contributed by atoms with Crippen molar-refractivity contribution in [1.82, 2.24) is 0 Å². The Morgan fingerprint density at radius 3 is 2.94 bits per heavy atom. The van der Waals surface area contributed by atoms with E-state index in [1.807, 2.05) is 6.07 Å². The first kappa shape index (κ1) is 12.8. The maximum Gasteiger partial charge on any atom is 0.127 e. The summed E-state index contributed by atoms with van der Waals surface area (Å²) in [5.41, 5.74) is 1.00. The van der Waals surface area contributed by atoms with Crippen LogP contribution in [0.1, 0.15) is 5.56 Å². The number of rotatable bonds is 5. The summed E-state index contributed by atoms with van der Waals surface area (Å²) in [6.45, 7) is 0.293. The number of anilines is 1. The van der Waals surface area contributed by atoms with Gasteiger partial charge in [0.05, 0.1) is 24.5 Å². The van der Waals surface area contributed by atoms with Gasteiger partial charge in [0.15, 0.2) is 0 Å². The van der Waals surface area contributed by atoms with E-state index in [0.717, 1.165) is 0 Å². The monoisotopic (exact) mass is 242 g/mol. The van der Waals surface area contributed by atoms with Crippen LogP contribution in [0.25, 0.3) is 0 Å². The molecule has 0 aromatic heterocycles. The third kappa shape index (κ3) is 3.69. The number of halogens is 2. The number of hydrogen-bond donors (Lipinski definition) is 2. The molecule has 0 aliphatic heterocycles. The number of aliphatic hydroxyl groups excluding tert-OH is 1. The van der Waals surface area contributed by atoms with Crippen LogP contribution in [0.15, 0.2) is 18.2 Å². The molecule has 0 aliphatic carbocycles. The molecule has 5 heteroatoms. The van der Waals surface area contributed by atoms with Crippen LogP contribution < -0.4 is 5.32 Å². The Hall–Kier alpha value is -1.31. The fourth-order valence-corrected chi connectivity index (χ4v) is 1.30. The van der Waals surface area contributed by atoms with Gasteiger partial charge in [-0.2, -0.15) is 5.26 Å². The molecule has 0 radical (unpaired) electrons. The minimum Gasteiger partial charge on any atom is -0.390 e. The fraction of sp³-hybridized carbons (Fsp3) is 0.364. The van der Waals surface area contributed by atoms with Crippen LogP contribution in [0, 0.1) is 17.1 Å². The summed E-state index contributed by atoms with van der Waals surface area (Å²) in [6, 6.07) is 6.29. The zero-order valence-corrected chi connectivity index (χ0v) is 9.34. The molecule has 1 aromatic rings. The minimum absolute atomic E-state index is 0.0272. The lowest BCUT2D eigenvalue weighted by atomic mass is 10.1. The van der Waals surface area contributed by atoms with Crippen molar-refractivity contribution in [2.24, 2.45) is 0 Å². The average molecular weight is 243 g/mol. The molecule has 1 atom stereocenters. The highest BCUT2D eigenvalue weighted by Gasteiger charge is 2.05. The van der Waals surface area contributed by atoms with Crippen LogP contribution in [0.2, 0.25) is 0 Å². The van der Waals surface area contributed by atoms with Gasteiger partial charge >= 0.3 is 0 Å². The normalized spacial score (nSPS) is 11.9.